The van der Waals surface area contributed by atoms with E-state index in [4.69, 9.17) is 0 Å². The molecule has 0 bridgehead atoms. The molecule has 0 saturated carbocycles. The van der Waals surface area contributed by atoms with Crippen LogP contribution in [0.2, 0.25) is 0 Å². The number of nitrogens with zero attached hydrogens (tertiary/aromatic N) is 3. The first-order valence-electron chi connectivity index (χ1n) is 3.50. The van der Waals surface area contributed by atoms with E-state index in [1.54, 1.807) is 0 Å². The van der Waals surface area contributed by atoms with E-state index in [0.717, 1.165) is 0 Å². The van der Waals surface area contributed by atoms with Crippen LogP contribution in [0, 0.1) is 0 Å². The lowest BCUT2D eigenvalue weighted by atomic mass is 10.7. The van der Waals surface area contributed by atoms with Crippen molar-refractivity contribution in [2.24, 2.45) is 4.40 Å². The summed E-state index contributed by atoms with van der Waals surface area (Å²) in [5.74, 6) is 0. The number of hydrogen-bond donors (Lipinski definition) is 0. The predicted octanol–water partition coefficient (Wildman–Crippen LogP) is 1.26. The van der Waals surface area contributed by atoms with Crippen molar-refractivity contribution in [1.29, 1.82) is 0 Å². The topological polar surface area (TPSA) is 18.8 Å². The van der Waals surface area contributed by atoms with Crippen molar-refractivity contribution in [2.75, 3.05) is 28.2 Å². The molecule has 1 rings (SSSR count). The first kappa shape index (κ1) is 8.77. The lowest BCUT2D eigenvalue weighted by Crippen LogP contribution is -2.27. The van der Waals surface area contributed by atoms with Gasteiger partial charge in [-0.05, 0) is 44.9 Å². The molecular weight excluding hydrogens is 158 g/mol. The van der Waals surface area contributed by atoms with E-state index < -0.39 is 10.6 Å². The molecule has 11 heavy (non-hydrogen) atoms. The molecule has 0 aromatic rings. The van der Waals surface area contributed by atoms with Gasteiger partial charge < -0.3 is 0 Å². The first-order chi connectivity index (χ1) is 5.09. The Hall–Kier alpha value is -0.320. The summed E-state index contributed by atoms with van der Waals surface area (Å²) in [5.41, 5.74) is 0. The van der Waals surface area contributed by atoms with Gasteiger partial charge in [0.05, 0.1) is 0 Å². The summed E-state index contributed by atoms with van der Waals surface area (Å²) in [6.45, 7) is 0. The first-order valence-corrected chi connectivity index (χ1v) is 5.06. The van der Waals surface area contributed by atoms with Crippen molar-refractivity contribution in [1.82, 2.24) is 8.61 Å². The smallest absolute Gasteiger partial charge is 0.0370 e. The van der Waals surface area contributed by atoms with E-state index in [2.05, 4.69) is 46.6 Å². The van der Waals surface area contributed by atoms with Crippen LogP contribution in [0.1, 0.15) is 0 Å². The fourth-order valence-electron chi connectivity index (χ4n) is 1.06. The Bertz CT molecular complexity index is 174. The largest absolute Gasteiger partial charge is 0.242 e. The molecule has 4 heteroatoms. The summed E-state index contributed by atoms with van der Waals surface area (Å²) >= 11 is 0. The highest BCUT2D eigenvalue weighted by molar-refractivity contribution is 8.31. The minimum absolute atomic E-state index is 1.14. The highest BCUT2D eigenvalue weighted by atomic mass is 32.3. The summed E-state index contributed by atoms with van der Waals surface area (Å²) in [4.78, 5) is 0. The van der Waals surface area contributed by atoms with E-state index in [-0.39, 0.29) is 0 Å². The zero-order valence-electron chi connectivity index (χ0n) is 7.48. The third kappa shape index (κ3) is 1.34. The molecule has 0 atom stereocenters. The van der Waals surface area contributed by atoms with Gasteiger partial charge >= 0.3 is 0 Å². The molecule has 3 nitrogen and oxygen atoms in total. The van der Waals surface area contributed by atoms with Gasteiger partial charge in [-0.1, -0.05) is 0 Å². The molecule has 1 aliphatic rings. The minimum Gasteiger partial charge on any atom is -0.242 e. The second-order valence-corrected chi connectivity index (χ2v) is 5.83. The summed E-state index contributed by atoms with van der Waals surface area (Å²) in [6.07, 6.45) is 3.88. The van der Waals surface area contributed by atoms with Crippen LogP contribution in [0.3, 0.4) is 0 Å². The van der Waals surface area contributed by atoms with Gasteiger partial charge in [-0.3, -0.25) is 0 Å². The molecule has 0 N–H and O–H groups in total. The molecule has 0 aromatic heterocycles. The van der Waals surface area contributed by atoms with Crippen LogP contribution >= 0.6 is 10.6 Å². The lowest BCUT2D eigenvalue weighted by Gasteiger charge is -2.42. The average molecular weight is 173 g/mol. The molecule has 0 amide bonds. The summed E-state index contributed by atoms with van der Waals surface area (Å²) in [7, 11) is 7.09. The van der Waals surface area contributed by atoms with Gasteiger partial charge in [0.1, 0.15) is 0 Å². The fraction of sp³-hybridized carbons (Fsp3) is 0.571. The summed E-state index contributed by atoms with van der Waals surface area (Å²) in [5, 5.41) is 2.16. The Morgan fingerprint density at radius 1 is 1.09 bits per heavy atom. The van der Waals surface area contributed by atoms with Crippen LogP contribution in [-0.4, -0.2) is 43.0 Å². The maximum absolute atomic E-state index is 4.47. The molecule has 1 heterocycles. The van der Waals surface area contributed by atoms with Crippen molar-refractivity contribution < 1.29 is 0 Å². The predicted molar refractivity (Wildman–Crippen MR) is 52.6 cm³/mol. The Morgan fingerprint density at radius 3 is 1.82 bits per heavy atom. The quantitative estimate of drug-likeness (QED) is 0.626. The van der Waals surface area contributed by atoms with E-state index in [1.165, 1.54) is 0 Å². The third-order valence-corrected chi connectivity index (χ3v) is 4.74. The highest BCUT2D eigenvalue weighted by Gasteiger charge is 2.26. The van der Waals surface area contributed by atoms with Crippen LogP contribution in [0.5, 0.6) is 0 Å². The highest BCUT2D eigenvalue weighted by Crippen LogP contribution is 2.55. The zero-order chi connectivity index (χ0) is 8.48. The Morgan fingerprint density at radius 2 is 1.64 bits per heavy atom. The number of rotatable bonds is 2. The van der Waals surface area contributed by atoms with Crippen LogP contribution in [0.25, 0.3) is 0 Å². The normalized spacial score (nSPS) is 23.5. The SMILES string of the molecule is CN(C)S1(N(C)C)C=CC=N1. The molecular formula is C7H15N3S. The molecule has 0 spiro atoms. The van der Waals surface area contributed by atoms with E-state index >= 15 is 0 Å². The van der Waals surface area contributed by atoms with Crippen molar-refractivity contribution in [3.63, 3.8) is 0 Å². The lowest BCUT2D eigenvalue weighted by molar-refractivity contribution is 0.587. The van der Waals surface area contributed by atoms with Crippen LogP contribution in [0.4, 0.5) is 0 Å². The molecule has 0 radical (unpaired) electrons. The summed E-state index contributed by atoms with van der Waals surface area (Å²) in [6, 6.07) is 0. The fourth-order valence-corrected chi connectivity index (χ4v) is 3.18. The zero-order valence-corrected chi connectivity index (χ0v) is 8.30. The summed E-state index contributed by atoms with van der Waals surface area (Å²) < 4.78 is 8.78. The van der Waals surface area contributed by atoms with Crippen LogP contribution < -0.4 is 0 Å². The van der Waals surface area contributed by atoms with Gasteiger partial charge in [-0.15, -0.1) is 0 Å². The van der Waals surface area contributed by atoms with Crippen molar-refractivity contribution in [3.05, 3.63) is 11.5 Å². The van der Waals surface area contributed by atoms with Gasteiger partial charge in [0.2, 0.25) is 0 Å². The monoisotopic (exact) mass is 173 g/mol. The van der Waals surface area contributed by atoms with Crippen LogP contribution in [-0.2, 0) is 0 Å². The molecule has 64 valence electrons. The second-order valence-electron chi connectivity index (χ2n) is 2.77. The molecule has 0 fully saturated rings. The maximum Gasteiger partial charge on any atom is 0.0370 e. The number of hydrogen-bond acceptors (Lipinski definition) is 3. The van der Waals surface area contributed by atoms with E-state index in [1.807, 2.05) is 12.3 Å². The van der Waals surface area contributed by atoms with Crippen molar-refractivity contribution >= 4 is 16.8 Å². The van der Waals surface area contributed by atoms with Gasteiger partial charge in [-0.25, -0.2) is 13.0 Å². The molecule has 0 saturated heterocycles. The number of allylic oxidation sites excluding steroid dienone is 1. The van der Waals surface area contributed by atoms with Gasteiger partial charge in [0, 0.05) is 11.6 Å². The van der Waals surface area contributed by atoms with E-state index in [9.17, 15) is 0 Å². The second kappa shape index (κ2) is 2.97. The third-order valence-electron chi connectivity index (χ3n) is 1.64. The molecule has 0 unspecified atom stereocenters. The maximum atomic E-state index is 4.47. The van der Waals surface area contributed by atoms with Gasteiger partial charge in [0.15, 0.2) is 0 Å². The van der Waals surface area contributed by atoms with Crippen LogP contribution in [0.15, 0.2) is 15.9 Å². The van der Waals surface area contributed by atoms with Gasteiger partial charge in [-0.2, -0.15) is 0 Å². The minimum atomic E-state index is -1.14. The molecule has 1 aliphatic heterocycles. The Balaban J connectivity index is 2.90. The standard InChI is InChI=1S/C7H15N3S/c1-9(2)11(10(3)4)7-5-6-8-11/h5-7H,1-4H3. The van der Waals surface area contributed by atoms with Crippen molar-refractivity contribution in [2.45, 2.75) is 0 Å². The van der Waals surface area contributed by atoms with E-state index in [0.29, 0.717) is 0 Å². The molecule has 0 aliphatic carbocycles. The van der Waals surface area contributed by atoms with Gasteiger partial charge in [0.25, 0.3) is 0 Å². The average Bonchev–Trinajstić information content (AvgIpc) is 2.34. The Kier molecular flexibility index (Phi) is 2.37. The Labute approximate surface area is 70.1 Å². The van der Waals surface area contributed by atoms with Crippen molar-refractivity contribution in [3.8, 4) is 0 Å². The molecule has 0 aromatic carbocycles.